The number of nitrogens with zero attached hydrogens (tertiary/aromatic N) is 4. The Hall–Kier alpha value is -0.900. The molecule has 1 fully saturated rings. The Morgan fingerprint density at radius 2 is 2.53 bits per heavy atom. The third kappa shape index (κ3) is 5.72. The number of nitrogens with two attached hydrogens (primary N) is 1. The smallest absolute Gasteiger partial charge is 0.188 e. The van der Waals surface area contributed by atoms with Crippen LogP contribution >= 0.6 is 24.0 Å². The van der Waals surface area contributed by atoms with E-state index in [2.05, 4.69) is 20.4 Å². The van der Waals surface area contributed by atoms with Gasteiger partial charge in [0.25, 0.3) is 0 Å². The number of aromatic nitrogens is 3. The summed E-state index contributed by atoms with van der Waals surface area (Å²) >= 11 is 0. The molecule has 1 aliphatic heterocycles. The van der Waals surface area contributed by atoms with Gasteiger partial charge in [-0.3, -0.25) is 9.67 Å². The van der Waals surface area contributed by atoms with Crippen molar-refractivity contribution in [3.63, 3.8) is 0 Å². The van der Waals surface area contributed by atoms with Crippen molar-refractivity contribution >= 4 is 29.9 Å². The lowest BCUT2D eigenvalue weighted by atomic mass is 10.2. The van der Waals surface area contributed by atoms with Crippen molar-refractivity contribution in [1.82, 2.24) is 20.1 Å². The third-order valence-corrected chi connectivity index (χ3v) is 2.79. The van der Waals surface area contributed by atoms with Crippen LogP contribution in [0.5, 0.6) is 0 Å². The molecule has 1 unspecified atom stereocenters. The molecule has 8 heteroatoms. The Kier molecular flexibility index (Phi) is 7.06. The van der Waals surface area contributed by atoms with Crippen molar-refractivity contribution in [2.45, 2.75) is 25.4 Å². The number of hydrogen-bond acceptors (Lipinski definition) is 4. The summed E-state index contributed by atoms with van der Waals surface area (Å²) in [6, 6.07) is 0. The highest BCUT2D eigenvalue weighted by Gasteiger charge is 2.14. The zero-order chi connectivity index (χ0) is 12.8. The van der Waals surface area contributed by atoms with Crippen LogP contribution in [0.25, 0.3) is 0 Å². The fraction of sp³-hybridized carbons (Fsp3) is 0.727. The molecule has 0 saturated carbocycles. The third-order valence-electron chi connectivity index (χ3n) is 2.79. The molecule has 0 amide bonds. The molecular weight excluding hydrogens is 359 g/mol. The summed E-state index contributed by atoms with van der Waals surface area (Å²) < 4.78 is 7.15. The van der Waals surface area contributed by atoms with Gasteiger partial charge in [0, 0.05) is 26.6 Å². The predicted molar refractivity (Wildman–Crippen MR) is 83.6 cm³/mol. The minimum atomic E-state index is 0. The first-order valence-corrected chi connectivity index (χ1v) is 6.24. The lowest BCUT2D eigenvalue weighted by molar-refractivity contribution is 0.118. The summed E-state index contributed by atoms with van der Waals surface area (Å²) in [6.07, 6.45) is 4.86. The van der Waals surface area contributed by atoms with Gasteiger partial charge in [-0.2, -0.15) is 5.10 Å². The molecule has 1 aliphatic rings. The van der Waals surface area contributed by atoms with E-state index in [0.717, 1.165) is 31.7 Å². The van der Waals surface area contributed by atoms with E-state index >= 15 is 0 Å². The summed E-state index contributed by atoms with van der Waals surface area (Å²) in [5, 5.41) is 7.23. The Labute approximate surface area is 130 Å². The maximum atomic E-state index is 5.76. The topological polar surface area (TPSA) is 90.4 Å². The van der Waals surface area contributed by atoms with Crippen LogP contribution < -0.4 is 11.1 Å². The van der Waals surface area contributed by atoms with Gasteiger partial charge >= 0.3 is 0 Å². The molecule has 0 bridgehead atoms. The van der Waals surface area contributed by atoms with E-state index < -0.39 is 0 Å². The minimum absolute atomic E-state index is 0. The lowest BCUT2D eigenvalue weighted by Crippen LogP contribution is -2.34. The minimum Gasteiger partial charge on any atom is -0.376 e. The van der Waals surface area contributed by atoms with Gasteiger partial charge in [-0.15, -0.1) is 24.0 Å². The van der Waals surface area contributed by atoms with Crippen LogP contribution in [0.4, 0.5) is 0 Å². The molecule has 0 radical (unpaired) electrons. The Morgan fingerprint density at radius 3 is 3.16 bits per heavy atom. The van der Waals surface area contributed by atoms with Gasteiger partial charge in [0.1, 0.15) is 6.33 Å². The van der Waals surface area contributed by atoms with Crippen molar-refractivity contribution in [2.75, 3.05) is 19.7 Å². The average molecular weight is 380 g/mol. The summed E-state index contributed by atoms with van der Waals surface area (Å²) in [4.78, 5) is 8.39. The molecule has 3 N–H and O–H groups in total. The van der Waals surface area contributed by atoms with Gasteiger partial charge in [-0.25, -0.2) is 4.98 Å². The Bertz CT molecular complexity index is 402. The van der Waals surface area contributed by atoms with E-state index in [1.54, 1.807) is 11.0 Å². The Balaban J connectivity index is 0.00000180. The number of hydrogen-bond donors (Lipinski definition) is 2. The van der Waals surface area contributed by atoms with Gasteiger partial charge in [0.2, 0.25) is 0 Å². The predicted octanol–water partition coefficient (Wildman–Crippen LogP) is 0.0589. The van der Waals surface area contributed by atoms with Crippen LogP contribution in [0.15, 0.2) is 11.3 Å². The van der Waals surface area contributed by atoms with Crippen LogP contribution in [-0.2, 0) is 18.2 Å². The standard InChI is InChI=1S/C11H20N6O.HI/c1-17-8-15-10(16-17)4-5-13-11(12)14-7-9-3-2-6-18-9;/h8-9H,2-7H2,1H3,(H3,12,13,14);1H. The number of rotatable bonds is 5. The second-order valence-corrected chi connectivity index (χ2v) is 4.37. The molecule has 1 saturated heterocycles. The first kappa shape index (κ1) is 16.2. The Morgan fingerprint density at radius 1 is 1.68 bits per heavy atom. The van der Waals surface area contributed by atoms with Crippen LogP contribution in [-0.4, -0.2) is 46.5 Å². The van der Waals surface area contributed by atoms with Gasteiger partial charge in [0.15, 0.2) is 11.8 Å². The van der Waals surface area contributed by atoms with Crippen LogP contribution in [0.2, 0.25) is 0 Å². The fourth-order valence-electron chi connectivity index (χ4n) is 1.85. The molecule has 1 aromatic rings. The van der Waals surface area contributed by atoms with Crippen LogP contribution in [0, 0.1) is 0 Å². The summed E-state index contributed by atoms with van der Waals surface area (Å²) in [5.41, 5.74) is 5.76. The average Bonchev–Trinajstić information content (AvgIpc) is 2.98. The number of nitrogens with one attached hydrogen (secondary N) is 1. The molecule has 2 rings (SSSR count). The maximum absolute atomic E-state index is 5.76. The molecule has 1 aromatic heterocycles. The number of aryl methyl sites for hydroxylation is 1. The number of halogens is 1. The van der Waals surface area contributed by atoms with E-state index in [-0.39, 0.29) is 30.1 Å². The van der Waals surface area contributed by atoms with Gasteiger partial charge in [0.05, 0.1) is 12.6 Å². The number of guanidine groups is 1. The van der Waals surface area contributed by atoms with Gasteiger partial charge in [-0.05, 0) is 12.8 Å². The van der Waals surface area contributed by atoms with Crippen LogP contribution in [0.3, 0.4) is 0 Å². The van der Waals surface area contributed by atoms with E-state index in [9.17, 15) is 0 Å². The van der Waals surface area contributed by atoms with Crippen molar-refractivity contribution in [1.29, 1.82) is 0 Å². The first-order chi connectivity index (χ1) is 8.74. The van der Waals surface area contributed by atoms with Crippen molar-refractivity contribution < 1.29 is 4.74 Å². The zero-order valence-corrected chi connectivity index (χ0v) is 13.4. The normalized spacial score (nSPS) is 19.2. The molecule has 1 atom stereocenters. The molecule has 7 nitrogen and oxygen atoms in total. The van der Waals surface area contributed by atoms with E-state index in [1.165, 1.54) is 0 Å². The molecule has 108 valence electrons. The number of aliphatic imine (C=N–C) groups is 1. The second-order valence-electron chi connectivity index (χ2n) is 4.37. The highest BCUT2D eigenvalue weighted by molar-refractivity contribution is 14.0. The van der Waals surface area contributed by atoms with Crippen molar-refractivity contribution in [3.05, 3.63) is 12.2 Å². The molecule has 0 aliphatic carbocycles. The zero-order valence-electron chi connectivity index (χ0n) is 11.1. The summed E-state index contributed by atoms with van der Waals surface area (Å²) in [7, 11) is 1.85. The fourth-order valence-corrected chi connectivity index (χ4v) is 1.85. The quantitative estimate of drug-likeness (QED) is 0.428. The summed E-state index contributed by atoms with van der Waals surface area (Å²) in [5.74, 6) is 1.26. The SMILES string of the molecule is Cn1cnc(CCNC(N)=NCC2CCCO2)n1.I. The number of ether oxygens (including phenoxy) is 1. The summed E-state index contributed by atoms with van der Waals surface area (Å²) in [6.45, 7) is 2.17. The highest BCUT2D eigenvalue weighted by atomic mass is 127. The highest BCUT2D eigenvalue weighted by Crippen LogP contribution is 2.11. The van der Waals surface area contributed by atoms with Gasteiger partial charge < -0.3 is 15.8 Å². The monoisotopic (exact) mass is 380 g/mol. The second kappa shape index (κ2) is 8.31. The molecule has 2 heterocycles. The van der Waals surface area contributed by atoms with Crippen molar-refractivity contribution in [3.8, 4) is 0 Å². The van der Waals surface area contributed by atoms with Crippen molar-refractivity contribution in [2.24, 2.45) is 17.8 Å². The molecule has 0 aromatic carbocycles. The van der Waals surface area contributed by atoms with Gasteiger partial charge in [-0.1, -0.05) is 0 Å². The van der Waals surface area contributed by atoms with E-state index in [0.29, 0.717) is 19.0 Å². The largest absolute Gasteiger partial charge is 0.376 e. The van der Waals surface area contributed by atoms with E-state index in [4.69, 9.17) is 10.5 Å². The first-order valence-electron chi connectivity index (χ1n) is 6.24. The maximum Gasteiger partial charge on any atom is 0.188 e. The molecule has 19 heavy (non-hydrogen) atoms. The van der Waals surface area contributed by atoms with E-state index in [1.807, 2.05) is 7.05 Å². The molecule has 0 spiro atoms. The molecular formula is C11H21IN6O. The van der Waals surface area contributed by atoms with Crippen LogP contribution in [0.1, 0.15) is 18.7 Å². The lowest BCUT2D eigenvalue weighted by Gasteiger charge is -2.07.